The molecular formula is C16H17ClFN3O2. The molecule has 1 amide bonds. The number of amides is 1. The molecular weight excluding hydrogens is 321 g/mol. The van der Waals surface area contributed by atoms with Crippen molar-refractivity contribution in [1.29, 1.82) is 0 Å². The topological polar surface area (TPSA) is 56.1 Å². The van der Waals surface area contributed by atoms with Gasteiger partial charge in [0.1, 0.15) is 17.4 Å². The van der Waals surface area contributed by atoms with Crippen LogP contribution in [-0.4, -0.2) is 22.3 Å². The van der Waals surface area contributed by atoms with E-state index in [0.717, 1.165) is 12.8 Å². The zero-order valence-electron chi connectivity index (χ0n) is 12.5. The molecule has 1 aromatic carbocycles. The van der Waals surface area contributed by atoms with E-state index >= 15 is 0 Å². The van der Waals surface area contributed by atoms with Crippen molar-refractivity contribution in [2.75, 3.05) is 11.9 Å². The van der Waals surface area contributed by atoms with Gasteiger partial charge in [0.15, 0.2) is 6.61 Å². The van der Waals surface area contributed by atoms with Crippen LogP contribution in [0.5, 0.6) is 5.75 Å². The molecule has 1 saturated carbocycles. The average Bonchev–Trinajstić information content (AvgIpc) is 3.19. The van der Waals surface area contributed by atoms with Gasteiger partial charge in [0, 0.05) is 12.1 Å². The van der Waals surface area contributed by atoms with E-state index in [0.29, 0.717) is 17.6 Å². The lowest BCUT2D eigenvalue weighted by molar-refractivity contribution is -0.118. The number of aromatic nitrogens is 2. The molecule has 0 atom stereocenters. The Balaban J connectivity index is 1.57. The van der Waals surface area contributed by atoms with Crippen molar-refractivity contribution in [3.05, 3.63) is 41.3 Å². The first kappa shape index (κ1) is 15.8. The highest BCUT2D eigenvalue weighted by molar-refractivity contribution is 6.30. The largest absolute Gasteiger partial charge is 0.484 e. The van der Waals surface area contributed by atoms with E-state index in [1.54, 1.807) is 12.3 Å². The quantitative estimate of drug-likeness (QED) is 0.902. The summed E-state index contributed by atoms with van der Waals surface area (Å²) in [4.78, 5) is 12.0. The van der Waals surface area contributed by atoms with E-state index in [-0.39, 0.29) is 17.5 Å². The number of nitrogens with one attached hydrogen (secondary N) is 1. The molecule has 1 aliphatic carbocycles. The van der Waals surface area contributed by atoms with Crippen LogP contribution in [0.4, 0.5) is 10.2 Å². The summed E-state index contributed by atoms with van der Waals surface area (Å²) in [5, 5.41) is 7.05. The number of carbonyl (C=O) groups excluding carboxylic acids is 1. The highest BCUT2D eigenvalue weighted by Crippen LogP contribution is 2.31. The second-order valence-electron chi connectivity index (χ2n) is 5.51. The van der Waals surface area contributed by atoms with E-state index in [2.05, 4.69) is 10.4 Å². The third-order valence-corrected chi connectivity index (χ3v) is 4.16. The zero-order valence-corrected chi connectivity index (χ0v) is 13.2. The minimum absolute atomic E-state index is 0.0396. The first-order valence-electron chi connectivity index (χ1n) is 7.54. The van der Waals surface area contributed by atoms with Crippen LogP contribution in [0.1, 0.15) is 31.7 Å². The van der Waals surface area contributed by atoms with Crippen LogP contribution in [0.2, 0.25) is 5.02 Å². The molecule has 1 heterocycles. The fourth-order valence-corrected chi connectivity index (χ4v) is 2.92. The van der Waals surface area contributed by atoms with Crippen molar-refractivity contribution in [2.45, 2.75) is 31.7 Å². The molecule has 1 fully saturated rings. The van der Waals surface area contributed by atoms with Gasteiger partial charge in [-0.3, -0.25) is 4.79 Å². The normalized spacial score (nSPS) is 14.9. The summed E-state index contributed by atoms with van der Waals surface area (Å²) in [5.41, 5.74) is 0. The van der Waals surface area contributed by atoms with Gasteiger partial charge in [-0.1, -0.05) is 24.4 Å². The molecule has 23 heavy (non-hydrogen) atoms. The van der Waals surface area contributed by atoms with E-state index in [1.807, 2.05) is 4.68 Å². The third kappa shape index (κ3) is 3.82. The van der Waals surface area contributed by atoms with Gasteiger partial charge in [-0.25, -0.2) is 9.07 Å². The fourth-order valence-electron chi connectivity index (χ4n) is 2.75. The molecule has 3 rings (SSSR count). The van der Waals surface area contributed by atoms with Crippen LogP contribution in [0.25, 0.3) is 0 Å². The van der Waals surface area contributed by atoms with Crippen molar-refractivity contribution in [3.63, 3.8) is 0 Å². The van der Waals surface area contributed by atoms with Gasteiger partial charge in [-0.2, -0.15) is 5.10 Å². The van der Waals surface area contributed by atoms with Gasteiger partial charge in [0.25, 0.3) is 5.91 Å². The van der Waals surface area contributed by atoms with Crippen LogP contribution in [0.3, 0.4) is 0 Å². The Bertz CT molecular complexity index is 698. The Hall–Kier alpha value is -2.08. The number of halogens is 2. The van der Waals surface area contributed by atoms with E-state index < -0.39 is 5.82 Å². The number of ether oxygens (including phenoxy) is 1. The zero-order chi connectivity index (χ0) is 16.2. The standard InChI is InChI=1S/C16H17ClFN3O2/c17-13-9-12(5-6-14(13)18)23-10-16(22)20-15-7-8-19-21(15)11-3-1-2-4-11/h5-9,11H,1-4,10H2,(H,20,22). The van der Waals surface area contributed by atoms with Crippen molar-refractivity contribution in [1.82, 2.24) is 9.78 Å². The van der Waals surface area contributed by atoms with Crippen molar-refractivity contribution in [2.24, 2.45) is 0 Å². The van der Waals surface area contributed by atoms with Crippen LogP contribution < -0.4 is 10.1 Å². The Morgan fingerprint density at radius 2 is 2.17 bits per heavy atom. The van der Waals surface area contributed by atoms with Crippen molar-refractivity contribution < 1.29 is 13.9 Å². The Morgan fingerprint density at radius 1 is 1.39 bits per heavy atom. The van der Waals surface area contributed by atoms with Gasteiger partial charge in [-0.05, 0) is 25.0 Å². The second kappa shape index (κ2) is 7.00. The highest BCUT2D eigenvalue weighted by Gasteiger charge is 2.20. The molecule has 2 aromatic rings. The molecule has 0 unspecified atom stereocenters. The Morgan fingerprint density at radius 3 is 2.91 bits per heavy atom. The van der Waals surface area contributed by atoms with Crippen molar-refractivity contribution in [3.8, 4) is 5.75 Å². The smallest absolute Gasteiger partial charge is 0.263 e. The van der Waals surface area contributed by atoms with E-state index in [9.17, 15) is 9.18 Å². The first-order chi connectivity index (χ1) is 11.1. The van der Waals surface area contributed by atoms with Crippen LogP contribution in [-0.2, 0) is 4.79 Å². The SMILES string of the molecule is O=C(COc1ccc(F)c(Cl)c1)Nc1ccnn1C1CCCC1. The lowest BCUT2D eigenvalue weighted by atomic mass is 10.2. The lowest BCUT2D eigenvalue weighted by Gasteiger charge is -2.14. The number of hydrogen-bond acceptors (Lipinski definition) is 3. The summed E-state index contributed by atoms with van der Waals surface area (Å²) in [7, 11) is 0. The van der Waals surface area contributed by atoms with Crippen LogP contribution in [0, 0.1) is 5.82 Å². The van der Waals surface area contributed by atoms with Crippen LogP contribution in [0.15, 0.2) is 30.5 Å². The average molecular weight is 338 g/mol. The molecule has 1 aromatic heterocycles. The predicted molar refractivity (Wildman–Crippen MR) is 85.3 cm³/mol. The maximum Gasteiger partial charge on any atom is 0.263 e. The molecule has 0 spiro atoms. The third-order valence-electron chi connectivity index (χ3n) is 3.87. The molecule has 0 bridgehead atoms. The minimum atomic E-state index is -0.524. The number of nitrogens with zero attached hydrogens (tertiary/aromatic N) is 2. The first-order valence-corrected chi connectivity index (χ1v) is 7.92. The van der Waals surface area contributed by atoms with Gasteiger partial charge in [-0.15, -0.1) is 0 Å². The number of carbonyl (C=O) groups is 1. The monoisotopic (exact) mass is 337 g/mol. The number of rotatable bonds is 5. The molecule has 0 radical (unpaired) electrons. The number of hydrogen-bond donors (Lipinski definition) is 1. The summed E-state index contributed by atoms with van der Waals surface area (Å²) in [5.74, 6) is 0.188. The maximum absolute atomic E-state index is 13.1. The lowest BCUT2D eigenvalue weighted by Crippen LogP contribution is -2.23. The van der Waals surface area contributed by atoms with E-state index in [1.165, 1.54) is 31.0 Å². The van der Waals surface area contributed by atoms with Crippen molar-refractivity contribution >= 4 is 23.3 Å². The molecule has 5 nitrogen and oxygen atoms in total. The maximum atomic E-state index is 13.1. The Kier molecular flexibility index (Phi) is 4.81. The number of benzene rings is 1. The summed E-state index contributed by atoms with van der Waals surface area (Å²) < 4.78 is 20.3. The Labute approximate surface area is 138 Å². The fraction of sp³-hybridized carbons (Fsp3) is 0.375. The summed E-state index contributed by atoms with van der Waals surface area (Å²) in [6.07, 6.45) is 6.21. The minimum Gasteiger partial charge on any atom is -0.484 e. The summed E-state index contributed by atoms with van der Waals surface area (Å²) >= 11 is 5.67. The van der Waals surface area contributed by atoms with Gasteiger partial charge in [0.05, 0.1) is 17.3 Å². The molecule has 0 saturated heterocycles. The summed E-state index contributed by atoms with van der Waals surface area (Å²) in [6, 6.07) is 6.08. The highest BCUT2D eigenvalue weighted by atomic mass is 35.5. The molecule has 1 aliphatic rings. The molecule has 1 N–H and O–H groups in total. The van der Waals surface area contributed by atoms with Gasteiger partial charge < -0.3 is 10.1 Å². The van der Waals surface area contributed by atoms with Crippen LogP contribution >= 0.6 is 11.6 Å². The summed E-state index contributed by atoms with van der Waals surface area (Å²) in [6.45, 7) is -0.183. The molecule has 0 aliphatic heterocycles. The molecule has 122 valence electrons. The van der Waals surface area contributed by atoms with Gasteiger partial charge in [0.2, 0.25) is 0 Å². The number of anilines is 1. The molecule has 7 heteroatoms. The second-order valence-corrected chi connectivity index (χ2v) is 5.92. The predicted octanol–water partition coefficient (Wildman–Crippen LogP) is 3.81. The van der Waals surface area contributed by atoms with E-state index in [4.69, 9.17) is 16.3 Å². The van der Waals surface area contributed by atoms with Gasteiger partial charge >= 0.3 is 0 Å².